The van der Waals surface area contributed by atoms with Gasteiger partial charge in [0.15, 0.2) is 0 Å². The van der Waals surface area contributed by atoms with Gasteiger partial charge in [-0.2, -0.15) is 13.2 Å². The van der Waals surface area contributed by atoms with Crippen LogP contribution >= 0.6 is 11.8 Å². The van der Waals surface area contributed by atoms with Gasteiger partial charge in [0, 0.05) is 4.90 Å². The summed E-state index contributed by atoms with van der Waals surface area (Å²) in [5, 5.41) is 0. The number of halogens is 3. The Kier molecular flexibility index (Phi) is 3.80. The van der Waals surface area contributed by atoms with Gasteiger partial charge in [-0.15, -0.1) is 12.8 Å². The Bertz CT molecular complexity index is 457. The largest absolute Gasteiger partial charge is 0.446 e. The summed E-state index contributed by atoms with van der Waals surface area (Å²) in [4.78, 5) is 0.109. The van der Waals surface area contributed by atoms with Crippen molar-refractivity contribution in [1.82, 2.24) is 0 Å². The van der Waals surface area contributed by atoms with Gasteiger partial charge in [0.05, 0.1) is 0 Å². The molecular formula is C13H9F3S. The molecule has 1 aromatic rings. The number of thioether (sulfide) groups is 1. The van der Waals surface area contributed by atoms with Crippen LogP contribution in [0.15, 0.2) is 29.2 Å². The zero-order valence-corrected chi connectivity index (χ0v) is 9.82. The lowest BCUT2D eigenvalue weighted by molar-refractivity contribution is -0.0328. The summed E-state index contributed by atoms with van der Waals surface area (Å²) in [5.74, 6) is 4.89. The van der Waals surface area contributed by atoms with E-state index in [1.807, 2.05) is 0 Å². The van der Waals surface area contributed by atoms with E-state index in [0.717, 1.165) is 0 Å². The zero-order chi connectivity index (χ0) is 13.1. The Balaban J connectivity index is 2.98. The summed E-state index contributed by atoms with van der Waals surface area (Å²) in [6.07, 6.45) is 10.6. The lowest BCUT2D eigenvalue weighted by Gasteiger charge is -2.17. The molecule has 17 heavy (non-hydrogen) atoms. The zero-order valence-electron chi connectivity index (χ0n) is 9.01. The first-order chi connectivity index (χ1) is 7.80. The molecule has 0 unspecified atom stereocenters. The third kappa shape index (κ3) is 3.47. The van der Waals surface area contributed by atoms with Gasteiger partial charge < -0.3 is 0 Å². The molecule has 88 valence electrons. The standard InChI is InChI=1S/C13H9F3S/c1-4-12(3,5-2)10-6-8-11(9-7-10)17-13(14,15)16/h1-2,6-9H,3H3. The highest BCUT2D eigenvalue weighted by Gasteiger charge is 2.29. The highest BCUT2D eigenvalue weighted by atomic mass is 32.2. The van der Waals surface area contributed by atoms with Crippen molar-refractivity contribution in [3.05, 3.63) is 29.8 Å². The molecule has 1 aromatic carbocycles. The fourth-order valence-electron chi connectivity index (χ4n) is 1.20. The van der Waals surface area contributed by atoms with Crippen molar-refractivity contribution < 1.29 is 13.2 Å². The van der Waals surface area contributed by atoms with Crippen LogP contribution in [0.4, 0.5) is 13.2 Å². The summed E-state index contributed by atoms with van der Waals surface area (Å²) >= 11 is -0.168. The molecule has 0 aliphatic carbocycles. The number of rotatable bonds is 2. The van der Waals surface area contributed by atoms with E-state index in [-0.39, 0.29) is 16.7 Å². The van der Waals surface area contributed by atoms with Crippen LogP contribution in [-0.4, -0.2) is 5.51 Å². The van der Waals surface area contributed by atoms with Crippen molar-refractivity contribution in [3.63, 3.8) is 0 Å². The molecule has 0 aliphatic heterocycles. The molecule has 0 N–H and O–H groups in total. The normalized spacial score (nSPS) is 11.6. The third-order valence-corrected chi connectivity index (χ3v) is 2.98. The summed E-state index contributed by atoms with van der Waals surface area (Å²) in [6, 6.07) is 5.77. The van der Waals surface area contributed by atoms with E-state index < -0.39 is 10.9 Å². The summed E-state index contributed by atoms with van der Waals surface area (Å²) in [6.45, 7) is 1.67. The Morgan fingerprint density at radius 1 is 1.06 bits per heavy atom. The third-order valence-electron chi connectivity index (χ3n) is 2.24. The van der Waals surface area contributed by atoms with Gasteiger partial charge in [-0.3, -0.25) is 0 Å². The van der Waals surface area contributed by atoms with Gasteiger partial charge >= 0.3 is 5.51 Å². The molecule has 0 saturated heterocycles. The van der Waals surface area contributed by atoms with E-state index in [2.05, 4.69) is 11.8 Å². The molecule has 0 atom stereocenters. The van der Waals surface area contributed by atoms with Crippen LogP contribution in [0.3, 0.4) is 0 Å². The maximum atomic E-state index is 12.1. The second kappa shape index (κ2) is 4.77. The molecule has 0 fully saturated rings. The van der Waals surface area contributed by atoms with Crippen molar-refractivity contribution in [2.24, 2.45) is 0 Å². The number of alkyl halides is 3. The quantitative estimate of drug-likeness (QED) is 0.571. The van der Waals surface area contributed by atoms with Crippen LogP contribution in [0.25, 0.3) is 0 Å². The molecule has 0 saturated carbocycles. The minimum atomic E-state index is -4.29. The van der Waals surface area contributed by atoms with E-state index in [0.29, 0.717) is 5.56 Å². The lowest BCUT2D eigenvalue weighted by Crippen LogP contribution is -2.16. The Hall–Kier alpha value is -1.52. The highest BCUT2D eigenvalue weighted by molar-refractivity contribution is 8.00. The van der Waals surface area contributed by atoms with E-state index in [1.165, 1.54) is 24.3 Å². The van der Waals surface area contributed by atoms with Crippen LogP contribution in [0.2, 0.25) is 0 Å². The molecule has 0 radical (unpaired) electrons. The lowest BCUT2D eigenvalue weighted by atomic mass is 9.84. The highest BCUT2D eigenvalue weighted by Crippen LogP contribution is 2.37. The van der Waals surface area contributed by atoms with Crippen LogP contribution in [-0.2, 0) is 5.41 Å². The topological polar surface area (TPSA) is 0 Å². The van der Waals surface area contributed by atoms with Gasteiger partial charge in [0.25, 0.3) is 0 Å². The molecule has 0 aromatic heterocycles. The first kappa shape index (κ1) is 13.5. The molecule has 0 aliphatic rings. The van der Waals surface area contributed by atoms with Gasteiger partial charge in [-0.1, -0.05) is 24.0 Å². The van der Waals surface area contributed by atoms with E-state index in [4.69, 9.17) is 12.8 Å². The van der Waals surface area contributed by atoms with Crippen LogP contribution < -0.4 is 0 Å². The van der Waals surface area contributed by atoms with Gasteiger partial charge in [-0.25, -0.2) is 0 Å². The number of benzene rings is 1. The molecule has 0 amide bonds. The average Bonchev–Trinajstić information content (AvgIpc) is 2.27. The molecule has 0 bridgehead atoms. The Labute approximate surface area is 103 Å². The van der Waals surface area contributed by atoms with Crippen molar-refractivity contribution in [1.29, 1.82) is 0 Å². The summed E-state index contributed by atoms with van der Waals surface area (Å²) in [5.41, 5.74) is -4.54. The van der Waals surface area contributed by atoms with E-state index in [1.54, 1.807) is 6.92 Å². The fraction of sp³-hybridized carbons (Fsp3) is 0.231. The second-order valence-electron chi connectivity index (χ2n) is 3.49. The molecule has 0 spiro atoms. The first-order valence-electron chi connectivity index (χ1n) is 4.62. The van der Waals surface area contributed by atoms with Crippen molar-refractivity contribution >= 4 is 11.8 Å². The Morgan fingerprint density at radius 2 is 1.53 bits per heavy atom. The second-order valence-corrected chi connectivity index (χ2v) is 4.62. The van der Waals surface area contributed by atoms with Crippen molar-refractivity contribution in [2.75, 3.05) is 0 Å². The molecule has 0 nitrogen and oxygen atoms in total. The minimum absolute atomic E-state index is 0.109. The number of hydrogen-bond donors (Lipinski definition) is 0. The monoisotopic (exact) mass is 254 g/mol. The van der Waals surface area contributed by atoms with Gasteiger partial charge in [0.1, 0.15) is 5.41 Å². The SMILES string of the molecule is C#CC(C)(C#C)c1ccc(SC(F)(F)F)cc1. The number of terminal acetylenes is 2. The molecule has 1 rings (SSSR count). The van der Waals surface area contributed by atoms with Crippen LogP contribution in [0, 0.1) is 24.7 Å². The maximum absolute atomic E-state index is 12.1. The number of hydrogen-bond acceptors (Lipinski definition) is 1. The van der Waals surface area contributed by atoms with E-state index in [9.17, 15) is 13.2 Å². The van der Waals surface area contributed by atoms with Crippen molar-refractivity contribution in [2.45, 2.75) is 22.7 Å². The molecular weight excluding hydrogens is 245 g/mol. The fourth-order valence-corrected chi connectivity index (χ4v) is 1.74. The van der Waals surface area contributed by atoms with E-state index >= 15 is 0 Å². The smallest absolute Gasteiger partial charge is 0.160 e. The molecule has 0 heterocycles. The van der Waals surface area contributed by atoms with Gasteiger partial charge in [-0.05, 0) is 36.4 Å². The average molecular weight is 254 g/mol. The van der Waals surface area contributed by atoms with Crippen LogP contribution in [0.1, 0.15) is 12.5 Å². The Morgan fingerprint density at radius 3 is 1.88 bits per heavy atom. The van der Waals surface area contributed by atoms with Gasteiger partial charge in [0.2, 0.25) is 0 Å². The van der Waals surface area contributed by atoms with Crippen LogP contribution in [0.5, 0.6) is 0 Å². The molecule has 4 heteroatoms. The summed E-state index contributed by atoms with van der Waals surface area (Å²) in [7, 11) is 0. The minimum Gasteiger partial charge on any atom is -0.160 e. The maximum Gasteiger partial charge on any atom is 0.446 e. The summed E-state index contributed by atoms with van der Waals surface area (Å²) < 4.78 is 36.3. The first-order valence-corrected chi connectivity index (χ1v) is 5.44. The van der Waals surface area contributed by atoms with Crippen molar-refractivity contribution in [3.8, 4) is 24.7 Å². The predicted octanol–water partition coefficient (Wildman–Crippen LogP) is 3.82. The predicted molar refractivity (Wildman–Crippen MR) is 63.4 cm³/mol.